The highest BCUT2D eigenvalue weighted by atomic mass is 79.9. The minimum atomic E-state index is -0.156. The van der Waals surface area contributed by atoms with Gasteiger partial charge in [0.15, 0.2) is 0 Å². The van der Waals surface area contributed by atoms with Crippen LogP contribution in [0.1, 0.15) is 23.8 Å². The molecular formula is C14H16BrN3O. The molecule has 1 aromatic carbocycles. The molecule has 3 N–H and O–H groups in total. The van der Waals surface area contributed by atoms with E-state index in [1.165, 1.54) is 0 Å². The lowest BCUT2D eigenvalue weighted by Crippen LogP contribution is -2.17. The quantitative estimate of drug-likeness (QED) is 0.905. The Kier molecular flexibility index (Phi) is 4.27. The molecule has 100 valence electrons. The van der Waals surface area contributed by atoms with E-state index in [4.69, 9.17) is 5.73 Å². The third kappa shape index (κ3) is 3.17. The van der Waals surface area contributed by atoms with E-state index in [1.807, 2.05) is 28.8 Å². The number of nitrogen functional groups attached to an aromatic ring is 1. The Balaban J connectivity index is 2.23. The molecule has 5 heteroatoms. The van der Waals surface area contributed by atoms with Crippen molar-refractivity contribution in [3.63, 3.8) is 0 Å². The number of halogens is 1. The zero-order valence-corrected chi connectivity index (χ0v) is 12.3. The van der Waals surface area contributed by atoms with Crippen LogP contribution in [0.4, 0.5) is 11.4 Å². The number of nitrogens with two attached hydrogens (primary N) is 1. The number of nitrogens with one attached hydrogen (secondary N) is 1. The number of carbonyl (C=O) groups excluding carboxylic acids is 1. The lowest BCUT2D eigenvalue weighted by molar-refractivity contribution is 0.101. The van der Waals surface area contributed by atoms with E-state index in [1.54, 1.807) is 12.3 Å². The van der Waals surface area contributed by atoms with E-state index in [2.05, 4.69) is 28.2 Å². The normalized spacial score (nSPS) is 10.4. The van der Waals surface area contributed by atoms with Crippen LogP contribution in [-0.4, -0.2) is 10.5 Å². The number of amides is 1. The van der Waals surface area contributed by atoms with Crippen molar-refractivity contribution in [3.8, 4) is 0 Å². The molecule has 0 aliphatic heterocycles. The summed E-state index contributed by atoms with van der Waals surface area (Å²) in [6.07, 6.45) is 2.74. The van der Waals surface area contributed by atoms with Crippen LogP contribution in [0.2, 0.25) is 0 Å². The summed E-state index contributed by atoms with van der Waals surface area (Å²) in [5.41, 5.74) is 7.69. The molecule has 0 fully saturated rings. The second kappa shape index (κ2) is 5.93. The summed E-state index contributed by atoms with van der Waals surface area (Å²) in [6.45, 7) is 2.83. The van der Waals surface area contributed by atoms with E-state index in [9.17, 15) is 4.79 Å². The van der Waals surface area contributed by atoms with Crippen molar-refractivity contribution in [2.24, 2.45) is 0 Å². The van der Waals surface area contributed by atoms with Crippen molar-refractivity contribution in [1.29, 1.82) is 0 Å². The predicted octanol–water partition coefficient (Wildman–Crippen LogP) is 3.50. The number of nitrogens with zero attached hydrogens (tertiary/aromatic N) is 1. The van der Waals surface area contributed by atoms with Gasteiger partial charge >= 0.3 is 0 Å². The fraction of sp³-hybridized carbons (Fsp3) is 0.214. The van der Waals surface area contributed by atoms with Crippen LogP contribution in [0, 0.1) is 0 Å². The number of carbonyl (C=O) groups is 1. The van der Waals surface area contributed by atoms with E-state index in [0.717, 1.165) is 23.1 Å². The van der Waals surface area contributed by atoms with Gasteiger partial charge in [-0.3, -0.25) is 4.79 Å². The summed E-state index contributed by atoms with van der Waals surface area (Å²) in [5.74, 6) is -0.156. The Morgan fingerprint density at radius 1 is 1.42 bits per heavy atom. The average Bonchev–Trinajstić information content (AvgIpc) is 2.74. The minimum absolute atomic E-state index is 0.156. The first-order valence-corrected chi connectivity index (χ1v) is 6.92. The second-order valence-corrected chi connectivity index (χ2v) is 5.14. The van der Waals surface area contributed by atoms with Gasteiger partial charge in [0.05, 0.1) is 11.4 Å². The van der Waals surface area contributed by atoms with Crippen LogP contribution in [0.3, 0.4) is 0 Å². The second-order valence-electron chi connectivity index (χ2n) is 4.29. The zero-order chi connectivity index (χ0) is 13.8. The van der Waals surface area contributed by atoms with Crippen LogP contribution < -0.4 is 11.1 Å². The minimum Gasteiger partial charge on any atom is -0.397 e. The van der Waals surface area contributed by atoms with Crippen LogP contribution in [0.5, 0.6) is 0 Å². The first-order chi connectivity index (χ1) is 9.11. The maximum Gasteiger partial charge on any atom is 0.272 e. The van der Waals surface area contributed by atoms with Gasteiger partial charge in [-0.2, -0.15) is 0 Å². The molecule has 0 saturated carbocycles. The Bertz CT molecular complexity index is 592. The number of benzene rings is 1. The summed E-state index contributed by atoms with van der Waals surface area (Å²) >= 11 is 3.41. The molecule has 2 aromatic rings. The number of aromatic nitrogens is 1. The molecule has 0 unspecified atom stereocenters. The highest BCUT2D eigenvalue weighted by molar-refractivity contribution is 9.10. The molecule has 0 aliphatic carbocycles. The van der Waals surface area contributed by atoms with Gasteiger partial charge in [-0.1, -0.05) is 19.1 Å². The van der Waals surface area contributed by atoms with Gasteiger partial charge in [0, 0.05) is 17.2 Å². The molecule has 0 saturated heterocycles. The smallest absolute Gasteiger partial charge is 0.272 e. The molecule has 19 heavy (non-hydrogen) atoms. The summed E-state index contributed by atoms with van der Waals surface area (Å²) < 4.78 is 2.73. The highest BCUT2D eigenvalue weighted by Crippen LogP contribution is 2.22. The third-order valence-electron chi connectivity index (χ3n) is 2.74. The monoisotopic (exact) mass is 321 g/mol. The van der Waals surface area contributed by atoms with E-state index < -0.39 is 0 Å². The number of hydrogen-bond donors (Lipinski definition) is 2. The Morgan fingerprint density at radius 2 is 2.16 bits per heavy atom. The van der Waals surface area contributed by atoms with Gasteiger partial charge in [0.25, 0.3) is 5.91 Å². The highest BCUT2D eigenvalue weighted by Gasteiger charge is 2.13. The number of para-hydroxylation sites is 1. The lowest BCUT2D eigenvalue weighted by atomic mass is 10.3. The number of hydrogen-bond acceptors (Lipinski definition) is 2. The molecule has 1 amide bonds. The third-order valence-corrected chi connectivity index (χ3v) is 3.43. The SMILES string of the molecule is CCCn1cc(N)cc1C(=O)Nc1ccccc1Br. The Morgan fingerprint density at radius 3 is 2.84 bits per heavy atom. The van der Waals surface area contributed by atoms with Gasteiger partial charge in [-0.25, -0.2) is 0 Å². The average molecular weight is 322 g/mol. The van der Waals surface area contributed by atoms with Crippen LogP contribution >= 0.6 is 15.9 Å². The van der Waals surface area contributed by atoms with Crippen molar-refractivity contribution >= 4 is 33.2 Å². The molecule has 1 heterocycles. The maximum absolute atomic E-state index is 12.3. The molecule has 0 atom stereocenters. The Hall–Kier alpha value is -1.75. The van der Waals surface area contributed by atoms with Crippen molar-refractivity contribution in [2.75, 3.05) is 11.1 Å². The number of aryl methyl sites for hydroxylation is 1. The largest absolute Gasteiger partial charge is 0.397 e. The van der Waals surface area contributed by atoms with Crippen molar-refractivity contribution < 1.29 is 4.79 Å². The van der Waals surface area contributed by atoms with E-state index in [-0.39, 0.29) is 5.91 Å². The first kappa shape index (κ1) is 13.7. The van der Waals surface area contributed by atoms with Gasteiger partial charge in [-0.05, 0) is 40.5 Å². The molecule has 0 aliphatic rings. The molecule has 0 spiro atoms. The number of rotatable bonds is 4. The number of anilines is 2. The Labute approximate surface area is 120 Å². The van der Waals surface area contributed by atoms with Gasteiger partial charge in [0.2, 0.25) is 0 Å². The van der Waals surface area contributed by atoms with Crippen LogP contribution in [0.25, 0.3) is 0 Å². The van der Waals surface area contributed by atoms with E-state index in [0.29, 0.717) is 11.4 Å². The van der Waals surface area contributed by atoms with Crippen molar-refractivity contribution in [3.05, 3.63) is 46.7 Å². The predicted molar refractivity (Wildman–Crippen MR) is 81.2 cm³/mol. The van der Waals surface area contributed by atoms with Gasteiger partial charge < -0.3 is 15.6 Å². The zero-order valence-electron chi connectivity index (χ0n) is 10.7. The molecule has 0 bridgehead atoms. The molecule has 1 aromatic heterocycles. The fourth-order valence-electron chi connectivity index (χ4n) is 1.90. The lowest BCUT2D eigenvalue weighted by Gasteiger charge is -2.09. The first-order valence-electron chi connectivity index (χ1n) is 6.13. The standard InChI is InChI=1S/C14H16BrN3O/c1-2-7-18-9-10(16)8-13(18)14(19)17-12-6-4-3-5-11(12)15/h3-6,8-9H,2,7,16H2,1H3,(H,17,19). The fourth-order valence-corrected chi connectivity index (χ4v) is 2.28. The van der Waals surface area contributed by atoms with Gasteiger partial charge in [0.1, 0.15) is 5.69 Å². The summed E-state index contributed by atoms with van der Waals surface area (Å²) in [6, 6.07) is 9.20. The molecule has 0 radical (unpaired) electrons. The molecular weight excluding hydrogens is 306 g/mol. The maximum atomic E-state index is 12.3. The topological polar surface area (TPSA) is 60.0 Å². The van der Waals surface area contributed by atoms with Gasteiger partial charge in [-0.15, -0.1) is 0 Å². The molecule has 2 rings (SSSR count). The molecule has 4 nitrogen and oxygen atoms in total. The summed E-state index contributed by atoms with van der Waals surface area (Å²) in [7, 11) is 0. The summed E-state index contributed by atoms with van der Waals surface area (Å²) in [5, 5.41) is 2.88. The van der Waals surface area contributed by atoms with Crippen molar-refractivity contribution in [1.82, 2.24) is 4.57 Å². The van der Waals surface area contributed by atoms with Crippen LogP contribution in [0.15, 0.2) is 41.0 Å². The van der Waals surface area contributed by atoms with Crippen molar-refractivity contribution in [2.45, 2.75) is 19.9 Å². The summed E-state index contributed by atoms with van der Waals surface area (Å²) in [4.78, 5) is 12.3. The van der Waals surface area contributed by atoms with Crippen LogP contribution in [-0.2, 0) is 6.54 Å². The van der Waals surface area contributed by atoms with E-state index >= 15 is 0 Å².